The Labute approximate surface area is 162 Å². The first-order valence-corrected chi connectivity index (χ1v) is 9.62. The van der Waals surface area contributed by atoms with Gasteiger partial charge in [-0.05, 0) is 49.9 Å². The minimum atomic E-state index is 0.799. The van der Waals surface area contributed by atoms with Crippen LogP contribution < -0.4 is 20.7 Å². The summed E-state index contributed by atoms with van der Waals surface area (Å²) in [6, 6.07) is 14.0. The lowest BCUT2D eigenvalue weighted by Crippen LogP contribution is -2.38. The van der Waals surface area contributed by atoms with Crippen LogP contribution in [0.1, 0.15) is 25.3 Å². The summed E-state index contributed by atoms with van der Waals surface area (Å²) < 4.78 is 5.40. The van der Waals surface area contributed by atoms with Crippen LogP contribution >= 0.6 is 0 Å². The lowest BCUT2D eigenvalue weighted by Gasteiger charge is -2.12. The first-order valence-electron chi connectivity index (χ1n) is 9.62. The second-order valence-corrected chi connectivity index (χ2v) is 6.10. The van der Waals surface area contributed by atoms with E-state index in [1.54, 1.807) is 13.3 Å². The summed E-state index contributed by atoms with van der Waals surface area (Å²) in [6.07, 6.45) is 4.78. The number of methoxy groups -OCH3 is 1. The van der Waals surface area contributed by atoms with E-state index >= 15 is 0 Å². The Hall–Kier alpha value is -2.76. The smallest absolute Gasteiger partial charge is 0.191 e. The quantitative estimate of drug-likeness (QED) is 0.323. The molecular weight excluding hydrogens is 338 g/mol. The minimum Gasteiger partial charge on any atom is -0.496 e. The fraction of sp³-hybridized carbons (Fsp3) is 0.429. The SMILES string of the molecule is CCNC(=NCCCCNc1ccccn1)NCCc1ccccc1OC. The summed E-state index contributed by atoms with van der Waals surface area (Å²) in [6.45, 7) is 5.45. The molecule has 0 aliphatic rings. The number of aliphatic imine (C=N–C) groups is 1. The molecule has 0 unspecified atom stereocenters. The topological polar surface area (TPSA) is 70.6 Å². The van der Waals surface area contributed by atoms with Gasteiger partial charge in [-0.1, -0.05) is 24.3 Å². The van der Waals surface area contributed by atoms with Gasteiger partial charge < -0.3 is 20.7 Å². The third-order valence-corrected chi connectivity index (χ3v) is 4.05. The highest BCUT2D eigenvalue weighted by molar-refractivity contribution is 5.79. The number of hydrogen-bond acceptors (Lipinski definition) is 4. The van der Waals surface area contributed by atoms with Gasteiger partial charge in [0.2, 0.25) is 0 Å². The van der Waals surface area contributed by atoms with Crippen LogP contribution in [0, 0.1) is 0 Å². The Balaban J connectivity index is 1.67. The molecule has 0 amide bonds. The number of anilines is 1. The van der Waals surface area contributed by atoms with E-state index in [0.717, 1.165) is 63.0 Å². The Morgan fingerprint density at radius 2 is 1.89 bits per heavy atom. The average molecular weight is 370 g/mol. The fourth-order valence-corrected chi connectivity index (χ4v) is 2.68. The molecule has 0 spiro atoms. The van der Waals surface area contributed by atoms with Crippen molar-refractivity contribution in [2.24, 2.45) is 4.99 Å². The number of para-hydroxylation sites is 1. The zero-order valence-corrected chi connectivity index (χ0v) is 16.4. The van der Waals surface area contributed by atoms with Gasteiger partial charge in [-0.25, -0.2) is 4.98 Å². The number of nitrogens with zero attached hydrogens (tertiary/aromatic N) is 2. The zero-order valence-electron chi connectivity index (χ0n) is 16.4. The number of hydrogen-bond donors (Lipinski definition) is 3. The molecule has 6 nitrogen and oxygen atoms in total. The van der Waals surface area contributed by atoms with Crippen LogP contribution in [0.2, 0.25) is 0 Å². The van der Waals surface area contributed by atoms with Crippen LogP contribution in [0.3, 0.4) is 0 Å². The Morgan fingerprint density at radius 1 is 1.04 bits per heavy atom. The number of guanidine groups is 1. The van der Waals surface area contributed by atoms with Crippen molar-refractivity contribution in [3.05, 3.63) is 54.2 Å². The molecule has 0 saturated heterocycles. The average Bonchev–Trinajstić information content (AvgIpc) is 2.71. The monoisotopic (exact) mass is 369 g/mol. The van der Waals surface area contributed by atoms with Crippen molar-refractivity contribution in [2.45, 2.75) is 26.2 Å². The number of aromatic nitrogens is 1. The minimum absolute atomic E-state index is 0.799. The molecule has 0 fully saturated rings. The van der Waals surface area contributed by atoms with E-state index in [1.807, 2.05) is 36.4 Å². The Kier molecular flexibility index (Phi) is 9.57. The molecule has 6 heteroatoms. The van der Waals surface area contributed by atoms with Crippen molar-refractivity contribution in [3.8, 4) is 5.75 Å². The summed E-state index contributed by atoms with van der Waals surface area (Å²) in [5, 5.41) is 10.0. The summed E-state index contributed by atoms with van der Waals surface area (Å²) in [4.78, 5) is 8.90. The summed E-state index contributed by atoms with van der Waals surface area (Å²) in [5.41, 5.74) is 1.20. The highest BCUT2D eigenvalue weighted by Crippen LogP contribution is 2.17. The molecule has 0 saturated carbocycles. The molecule has 1 heterocycles. The Morgan fingerprint density at radius 3 is 2.67 bits per heavy atom. The second-order valence-electron chi connectivity index (χ2n) is 6.10. The van der Waals surface area contributed by atoms with E-state index in [2.05, 4.69) is 38.9 Å². The number of unbranched alkanes of at least 4 members (excludes halogenated alkanes) is 1. The van der Waals surface area contributed by atoms with E-state index in [4.69, 9.17) is 4.74 Å². The van der Waals surface area contributed by atoms with Gasteiger partial charge in [0, 0.05) is 32.4 Å². The molecule has 0 aliphatic carbocycles. The first kappa shape index (κ1) is 20.6. The van der Waals surface area contributed by atoms with Crippen LogP contribution in [0.5, 0.6) is 5.75 Å². The largest absolute Gasteiger partial charge is 0.496 e. The summed E-state index contributed by atoms with van der Waals surface area (Å²) in [7, 11) is 1.71. The van der Waals surface area contributed by atoms with Crippen molar-refractivity contribution in [3.63, 3.8) is 0 Å². The molecule has 2 rings (SSSR count). The summed E-state index contributed by atoms with van der Waals surface area (Å²) >= 11 is 0. The second kappa shape index (κ2) is 12.6. The molecule has 0 aliphatic heterocycles. The molecule has 2 aromatic rings. The van der Waals surface area contributed by atoms with Gasteiger partial charge in [0.25, 0.3) is 0 Å². The number of ether oxygens (including phenoxy) is 1. The van der Waals surface area contributed by atoms with Crippen LogP contribution in [-0.2, 0) is 6.42 Å². The van der Waals surface area contributed by atoms with Gasteiger partial charge in [0.15, 0.2) is 5.96 Å². The van der Waals surface area contributed by atoms with E-state index in [9.17, 15) is 0 Å². The van der Waals surface area contributed by atoms with Crippen molar-refractivity contribution < 1.29 is 4.74 Å². The lowest BCUT2D eigenvalue weighted by atomic mass is 10.1. The van der Waals surface area contributed by atoms with Crippen molar-refractivity contribution in [1.29, 1.82) is 0 Å². The number of benzene rings is 1. The first-order chi connectivity index (χ1) is 13.3. The molecule has 1 aromatic carbocycles. The van der Waals surface area contributed by atoms with E-state index in [1.165, 1.54) is 5.56 Å². The highest BCUT2D eigenvalue weighted by Gasteiger charge is 2.02. The van der Waals surface area contributed by atoms with E-state index in [0.29, 0.717) is 0 Å². The van der Waals surface area contributed by atoms with Crippen LogP contribution in [0.25, 0.3) is 0 Å². The third-order valence-electron chi connectivity index (χ3n) is 4.05. The van der Waals surface area contributed by atoms with Crippen molar-refractivity contribution in [2.75, 3.05) is 38.6 Å². The normalized spacial score (nSPS) is 11.1. The van der Waals surface area contributed by atoms with Gasteiger partial charge in [0.05, 0.1) is 7.11 Å². The number of rotatable bonds is 11. The standard InChI is InChI=1S/C21H31N5O/c1-3-22-21(26-17-13-18-10-4-5-11-19(18)27-2)25-16-9-8-15-24-20-12-6-7-14-23-20/h4-7,10-12,14H,3,8-9,13,15-17H2,1-2H3,(H,23,24)(H2,22,25,26). The molecular formula is C21H31N5O. The van der Waals surface area contributed by atoms with Crippen molar-refractivity contribution >= 4 is 11.8 Å². The highest BCUT2D eigenvalue weighted by atomic mass is 16.5. The maximum absolute atomic E-state index is 5.40. The molecule has 146 valence electrons. The van der Waals surface area contributed by atoms with E-state index < -0.39 is 0 Å². The van der Waals surface area contributed by atoms with Gasteiger partial charge in [-0.3, -0.25) is 4.99 Å². The maximum atomic E-state index is 5.40. The van der Waals surface area contributed by atoms with Gasteiger partial charge in [-0.2, -0.15) is 0 Å². The Bertz CT molecular complexity index is 675. The molecule has 0 bridgehead atoms. The number of nitrogens with one attached hydrogen (secondary N) is 3. The number of pyridine rings is 1. The van der Waals surface area contributed by atoms with Crippen LogP contribution in [0.4, 0.5) is 5.82 Å². The lowest BCUT2D eigenvalue weighted by molar-refractivity contribution is 0.409. The molecule has 0 radical (unpaired) electrons. The van der Waals surface area contributed by atoms with Gasteiger partial charge in [0.1, 0.15) is 11.6 Å². The molecule has 27 heavy (non-hydrogen) atoms. The van der Waals surface area contributed by atoms with Crippen molar-refractivity contribution in [1.82, 2.24) is 15.6 Å². The van der Waals surface area contributed by atoms with Crippen LogP contribution in [-0.4, -0.2) is 44.2 Å². The predicted molar refractivity (Wildman–Crippen MR) is 113 cm³/mol. The predicted octanol–water partition coefficient (Wildman–Crippen LogP) is 3.08. The van der Waals surface area contributed by atoms with Gasteiger partial charge in [-0.15, -0.1) is 0 Å². The molecule has 0 atom stereocenters. The zero-order chi connectivity index (χ0) is 19.2. The van der Waals surface area contributed by atoms with E-state index in [-0.39, 0.29) is 0 Å². The van der Waals surface area contributed by atoms with Crippen LogP contribution in [0.15, 0.2) is 53.7 Å². The van der Waals surface area contributed by atoms with Gasteiger partial charge >= 0.3 is 0 Å². The summed E-state index contributed by atoms with van der Waals surface area (Å²) in [5.74, 6) is 2.72. The molecule has 1 aromatic heterocycles. The third kappa shape index (κ3) is 7.98. The maximum Gasteiger partial charge on any atom is 0.191 e. The molecule has 3 N–H and O–H groups in total. The fourth-order valence-electron chi connectivity index (χ4n) is 2.68.